The van der Waals surface area contributed by atoms with E-state index in [1.165, 1.54) is 6.26 Å². The lowest BCUT2D eigenvalue weighted by Crippen LogP contribution is -2.38. The third kappa shape index (κ3) is 5.55. The van der Waals surface area contributed by atoms with Gasteiger partial charge in [-0.3, -0.25) is 4.99 Å². The number of nitrogens with one attached hydrogen (secondary N) is 1. The Labute approximate surface area is 132 Å². The van der Waals surface area contributed by atoms with E-state index in [0.29, 0.717) is 6.54 Å². The molecule has 6 nitrogen and oxygen atoms in total. The molecule has 0 saturated carbocycles. The molecule has 0 spiro atoms. The summed E-state index contributed by atoms with van der Waals surface area (Å²) in [6.45, 7) is 4.03. The van der Waals surface area contributed by atoms with E-state index in [4.69, 9.17) is 10.5 Å². The van der Waals surface area contributed by atoms with Crippen LogP contribution in [0.3, 0.4) is 0 Å². The summed E-state index contributed by atoms with van der Waals surface area (Å²) >= 11 is 0. The summed E-state index contributed by atoms with van der Waals surface area (Å²) in [5, 5.41) is 2.99. The van der Waals surface area contributed by atoms with Gasteiger partial charge in [0, 0.05) is 12.8 Å². The van der Waals surface area contributed by atoms with E-state index in [1.807, 2.05) is 24.3 Å². The molecule has 0 heterocycles. The number of methoxy groups -OCH3 is 1. The van der Waals surface area contributed by atoms with Gasteiger partial charge in [0.05, 0.1) is 18.4 Å². The molecule has 0 unspecified atom stereocenters. The van der Waals surface area contributed by atoms with Crippen molar-refractivity contribution in [3.05, 3.63) is 29.8 Å². The van der Waals surface area contributed by atoms with Gasteiger partial charge >= 0.3 is 0 Å². The monoisotopic (exact) mass is 327 g/mol. The van der Waals surface area contributed by atoms with Gasteiger partial charge in [0.2, 0.25) is 0 Å². The third-order valence-corrected chi connectivity index (χ3v) is 5.65. The van der Waals surface area contributed by atoms with Gasteiger partial charge in [0.15, 0.2) is 15.8 Å². The van der Waals surface area contributed by atoms with Crippen molar-refractivity contribution in [2.45, 2.75) is 25.0 Å². The van der Waals surface area contributed by atoms with Gasteiger partial charge in [-0.25, -0.2) is 8.42 Å². The fraction of sp³-hybridized carbons (Fsp3) is 0.533. The van der Waals surface area contributed by atoms with E-state index in [9.17, 15) is 8.42 Å². The SMILES string of the molecule is COc1ccc(CCNC(N)=NCC(C)(C)S(C)(=O)=O)cc1. The molecule has 3 N–H and O–H groups in total. The van der Waals surface area contributed by atoms with Crippen LogP contribution < -0.4 is 15.8 Å². The Kier molecular flexibility index (Phi) is 6.22. The Morgan fingerprint density at radius 1 is 1.32 bits per heavy atom. The molecular weight excluding hydrogens is 302 g/mol. The van der Waals surface area contributed by atoms with Crippen LogP contribution in [0.1, 0.15) is 19.4 Å². The molecule has 7 heteroatoms. The standard InChI is InChI=1S/C15H25N3O3S/c1-15(2,22(4,19)20)11-18-14(16)17-10-9-12-5-7-13(21-3)8-6-12/h5-8H,9-11H2,1-4H3,(H3,16,17,18). The minimum Gasteiger partial charge on any atom is -0.497 e. The number of ether oxygens (including phenoxy) is 1. The average molecular weight is 327 g/mol. The fourth-order valence-electron chi connectivity index (χ4n) is 1.58. The molecule has 0 atom stereocenters. The molecule has 1 aromatic rings. The number of aliphatic imine (C=N–C) groups is 1. The van der Waals surface area contributed by atoms with E-state index in [1.54, 1.807) is 21.0 Å². The van der Waals surface area contributed by atoms with Crippen LogP contribution in [0, 0.1) is 0 Å². The van der Waals surface area contributed by atoms with Crippen molar-refractivity contribution in [3.63, 3.8) is 0 Å². The first kappa shape index (κ1) is 18.3. The van der Waals surface area contributed by atoms with E-state index in [-0.39, 0.29) is 12.5 Å². The summed E-state index contributed by atoms with van der Waals surface area (Å²) in [5.74, 6) is 1.08. The first-order valence-electron chi connectivity index (χ1n) is 7.02. The summed E-state index contributed by atoms with van der Waals surface area (Å²) in [5.41, 5.74) is 6.91. The molecule has 0 saturated heterocycles. The zero-order valence-corrected chi connectivity index (χ0v) is 14.4. The Balaban J connectivity index is 2.45. The smallest absolute Gasteiger partial charge is 0.188 e. The van der Waals surface area contributed by atoms with E-state index in [0.717, 1.165) is 17.7 Å². The van der Waals surface area contributed by atoms with E-state index in [2.05, 4.69) is 10.3 Å². The molecule has 0 amide bonds. The normalized spacial score (nSPS) is 13.0. The second-order valence-corrected chi connectivity index (χ2v) is 8.41. The van der Waals surface area contributed by atoms with Gasteiger partial charge in [-0.2, -0.15) is 0 Å². The predicted octanol–water partition coefficient (Wildman–Crippen LogP) is 0.965. The minimum atomic E-state index is -3.17. The quantitative estimate of drug-likeness (QED) is 0.575. The summed E-state index contributed by atoms with van der Waals surface area (Å²) in [6, 6.07) is 7.78. The zero-order chi connectivity index (χ0) is 16.8. The number of guanidine groups is 1. The average Bonchev–Trinajstić information content (AvgIpc) is 2.45. The van der Waals surface area contributed by atoms with Crippen molar-refractivity contribution in [1.29, 1.82) is 0 Å². The molecule has 22 heavy (non-hydrogen) atoms. The highest BCUT2D eigenvalue weighted by Crippen LogP contribution is 2.15. The van der Waals surface area contributed by atoms with Crippen molar-refractivity contribution in [2.24, 2.45) is 10.7 Å². The fourth-order valence-corrected chi connectivity index (χ4v) is 1.87. The molecule has 124 valence electrons. The minimum absolute atomic E-state index is 0.132. The van der Waals surface area contributed by atoms with Crippen LogP contribution in [-0.2, 0) is 16.3 Å². The topological polar surface area (TPSA) is 93.8 Å². The number of rotatable bonds is 7. The number of hydrogen-bond donors (Lipinski definition) is 2. The highest BCUT2D eigenvalue weighted by molar-refractivity contribution is 7.92. The Morgan fingerprint density at radius 3 is 2.41 bits per heavy atom. The van der Waals surface area contributed by atoms with Gasteiger partial charge < -0.3 is 15.8 Å². The first-order valence-corrected chi connectivity index (χ1v) is 8.91. The summed E-state index contributed by atoms with van der Waals surface area (Å²) in [6.07, 6.45) is 1.99. The van der Waals surface area contributed by atoms with Crippen LogP contribution in [-0.4, -0.2) is 45.6 Å². The molecule has 0 aliphatic heterocycles. The number of hydrogen-bond acceptors (Lipinski definition) is 4. The third-order valence-electron chi connectivity index (χ3n) is 3.51. The second-order valence-electron chi connectivity index (χ2n) is 5.76. The molecule has 0 bridgehead atoms. The molecule has 1 rings (SSSR count). The van der Waals surface area contributed by atoms with Crippen molar-refractivity contribution in [3.8, 4) is 5.75 Å². The van der Waals surface area contributed by atoms with Crippen molar-refractivity contribution in [2.75, 3.05) is 26.5 Å². The number of nitrogens with two attached hydrogens (primary N) is 1. The highest BCUT2D eigenvalue weighted by atomic mass is 32.2. The summed E-state index contributed by atoms with van der Waals surface area (Å²) in [4.78, 5) is 4.11. The Bertz CT molecular complexity index is 607. The Hall–Kier alpha value is -1.76. The first-order chi connectivity index (χ1) is 10.2. The molecule has 0 fully saturated rings. The maximum Gasteiger partial charge on any atom is 0.188 e. The van der Waals surface area contributed by atoms with Crippen LogP contribution in [0.15, 0.2) is 29.3 Å². The Morgan fingerprint density at radius 2 is 1.91 bits per heavy atom. The molecule has 1 aromatic carbocycles. The molecular formula is C15H25N3O3S. The van der Waals surface area contributed by atoms with E-state index < -0.39 is 14.6 Å². The maximum absolute atomic E-state index is 11.6. The lowest BCUT2D eigenvalue weighted by molar-refractivity contribution is 0.414. The van der Waals surface area contributed by atoms with Gasteiger partial charge in [-0.1, -0.05) is 12.1 Å². The van der Waals surface area contributed by atoms with E-state index >= 15 is 0 Å². The second kappa shape index (κ2) is 7.49. The van der Waals surface area contributed by atoms with Gasteiger partial charge in [-0.05, 0) is 38.0 Å². The van der Waals surface area contributed by atoms with Crippen LogP contribution in [0.4, 0.5) is 0 Å². The van der Waals surface area contributed by atoms with Crippen molar-refractivity contribution < 1.29 is 13.2 Å². The molecule has 0 aliphatic rings. The maximum atomic E-state index is 11.6. The molecule has 0 aromatic heterocycles. The number of nitrogens with zero attached hydrogens (tertiary/aromatic N) is 1. The highest BCUT2D eigenvalue weighted by Gasteiger charge is 2.29. The predicted molar refractivity (Wildman–Crippen MR) is 90.1 cm³/mol. The summed E-state index contributed by atoms with van der Waals surface area (Å²) in [7, 11) is -1.54. The van der Waals surface area contributed by atoms with Crippen molar-refractivity contribution in [1.82, 2.24) is 5.32 Å². The van der Waals surface area contributed by atoms with Crippen LogP contribution >= 0.6 is 0 Å². The lowest BCUT2D eigenvalue weighted by Gasteiger charge is -2.20. The largest absolute Gasteiger partial charge is 0.497 e. The van der Waals surface area contributed by atoms with Gasteiger partial charge in [0.1, 0.15) is 5.75 Å². The summed E-state index contributed by atoms with van der Waals surface area (Å²) < 4.78 is 27.3. The van der Waals surface area contributed by atoms with Gasteiger partial charge in [-0.15, -0.1) is 0 Å². The van der Waals surface area contributed by atoms with Crippen LogP contribution in [0.25, 0.3) is 0 Å². The zero-order valence-electron chi connectivity index (χ0n) is 13.6. The lowest BCUT2D eigenvalue weighted by atomic mass is 10.1. The van der Waals surface area contributed by atoms with Crippen molar-refractivity contribution >= 4 is 15.8 Å². The van der Waals surface area contributed by atoms with Gasteiger partial charge in [0.25, 0.3) is 0 Å². The van der Waals surface area contributed by atoms with Crippen LogP contribution in [0.2, 0.25) is 0 Å². The molecule has 0 radical (unpaired) electrons. The molecule has 0 aliphatic carbocycles. The number of benzene rings is 1. The number of sulfone groups is 1. The van der Waals surface area contributed by atoms with Crippen LogP contribution in [0.5, 0.6) is 5.75 Å².